The summed E-state index contributed by atoms with van der Waals surface area (Å²) >= 11 is 3.42. The maximum atomic E-state index is 12.3. The topological polar surface area (TPSA) is 45.2 Å². The highest BCUT2D eigenvalue weighted by Crippen LogP contribution is 2.36. The van der Waals surface area contributed by atoms with Gasteiger partial charge in [0.15, 0.2) is 0 Å². The first kappa shape index (κ1) is 15.7. The minimum absolute atomic E-state index is 0.0939. The van der Waals surface area contributed by atoms with Crippen molar-refractivity contribution in [2.75, 3.05) is 13.1 Å². The monoisotopic (exact) mass is 357 g/mol. The van der Waals surface area contributed by atoms with Crippen LogP contribution in [0, 0.1) is 0 Å². The predicted octanol–water partition coefficient (Wildman–Crippen LogP) is 3.81. The molecule has 1 aliphatic rings. The van der Waals surface area contributed by atoms with E-state index in [1.54, 1.807) is 22.7 Å². The number of nitrogens with one attached hydrogen (secondary N) is 1. The number of rotatable bonds is 5. The molecule has 1 aromatic carbocycles. The summed E-state index contributed by atoms with van der Waals surface area (Å²) in [5, 5.41) is 6.19. The number of para-hydroxylation sites is 1. The molecule has 0 radical (unpaired) electrons. The molecule has 1 unspecified atom stereocenters. The van der Waals surface area contributed by atoms with E-state index in [1.807, 2.05) is 23.6 Å². The van der Waals surface area contributed by atoms with Gasteiger partial charge in [0, 0.05) is 4.88 Å². The van der Waals surface area contributed by atoms with Crippen molar-refractivity contribution in [3.63, 3.8) is 0 Å². The highest BCUT2D eigenvalue weighted by Gasteiger charge is 2.29. The zero-order valence-corrected chi connectivity index (χ0v) is 14.9. The SMILES string of the molecule is O=C(CN1CCCC1c1nc2ccccc2s1)NCc1cccs1. The number of carbonyl (C=O) groups is 1. The fourth-order valence-electron chi connectivity index (χ4n) is 3.17. The zero-order valence-electron chi connectivity index (χ0n) is 13.3. The second kappa shape index (κ2) is 7.01. The normalized spacial score (nSPS) is 18.2. The van der Waals surface area contributed by atoms with Gasteiger partial charge >= 0.3 is 0 Å². The van der Waals surface area contributed by atoms with Crippen molar-refractivity contribution in [3.05, 3.63) is 51.7 Å². The van der Waals surface area contributed by atoms with Gasteiger partial charge in [-0.05, 0) is 43.0 Å². The predicted molar refractivity (Wildman–Crippen MR) is 99.3 cm³/mol. The summed E-state index contributed by atoms with van der Waals surface area (Å²) in [7, 11) is 0. The molecule has 6 heteroatoms. The van der Waals surface area contributed by atoms with Crippen LogP contribution in [0.4, 0.5) is 0 Å². The van der Waals surface area contributed by atoms with Gasteiger partial charge in [-0.15, -0.1) is 22.7 Å². The average molecular weight is 358 g/mol. The molecule has 4 rings (SSSR count). The van der Waals surface area contributed by atoms with Crippen molar-refractivity contribution in [2.24, 2.45) is 0 Å². The van der Waals surface area contributed by atoms with E-state index in [1.165, 1.54) is 9.58 Å². The van der Waals surface area contributed by atoms with Crippen molar-refractivity contribution >= 4 is 38.8 Å². The first-order chi connectivity index (χ1) is 11.8. The van der Waals surface area contributed by atoms with Crippen molar-refractivity contribution in [1.29, 1.82) is 0 Å². The second-order valence-electron chi connectivity index (χ2n) is 6.00. The summed E-state index contributed by atoms with van der Waals surface area (Å²) in [4.78, 5) is 20.5. The number of aromatic nitrogens is 1. The highest BCUT2D eigenvalue weighted by molar-refractivity contribution is 7.18. The highest BCUT2D eigenvalue weighted by atomic mass is 32.1. The van der Waals surface area contributed by atoms with E-state index in [-0.39, 0.29) is 11.9 Å². The minimum Gasteiger partial charge on any atom is -0.350 e. The van der Waals surface area contributed by atoms with Crippen LogP contribution in [0.3, 0.4) is 0 Å². The molecular formula is C18H19N3OS2. The van der Waals surface area contributed by atoms with Gasteiger partial charge in [-0.2, -0.15) is 0 Å². The zero-order chi connectivity index (χ0) is 16.4. The Morgan fingerprint density at radius 2 is 2.21 bits per heavy atom. The Kier molecular flexibility index (Phi) is 4.60. The number of carbonyl (C=O) groups excluding carboxylic acids is 1. The molecule has 0 aliphatic carbocycles. The summed E-state index contributed by atoms with van der Waals surface area (Å²) in [5.41, 5.74) is 1.06. The lowest BCUT2D eigenvalue weighted by atomic mass is 10.2. The lowest BCUT2D eigenvalue weighted by Crippen LogP contribution is -2.36. The number of amides is 1. The van der Waals surface area contributed by atoms with E-state index in [2.05, 4.69) is 28.4 Å². The molecule has 124 valence electrons. The van der Waals surface area contributed by atoms with Gasteiger partial charge < -0.3 is 5.32 Å². The molecule has 1 aliphatic heterocycles. The molecule has 0 saturated carbocycles. The van der Waals surface area contributed by atoms with Gasteiger partial charge in [-0.3, -0.25) is 9.69 Å². The van der Waals surface area contributed by atoms with Crippen LogP contribution in [0.5, 0.6) is 0 Å². The maximum Gasteiger partial charge on any atom is 0.234 e. The number of hydrogen-bond acceptors (Lipinski definition) is 5. The van der Waals surface area contributed by atoms with E-state index in [0.29, 0.717) is 13.1 Å². The van der Waals surface area contributed by atoms with Gasteiger partial charge in [0.2, 0.25) is 5.91 Å². The molecule has 3 heterocycles. The van der Waals surface area contributed by atoms with Crippen LogP contribution < -0.4 is 5.32 Å². The third kappa shape index (κ3) is 3.36. The fourth-order valence-corrected chi connectivity index (χ4v) is 4.95. The first-order valence-corrected chi connectivity index (χ1v) is 9.88. The summed E-state index contributed by atoms with van der Waals surface area (Å²) in [5.74, 6) is 0.0939. The van der Waals surface area contributed by atoms with Crippen LogP contribution in [0.15, 0.2) is 41.8 Å². The quantitative estimate of drug-likeness (QED) is 0.755. The molecule has 3 aromatic rings. The van der Waals surface area contributed by atoms with Crippen LogP contribution in [0.2, 0.25) is 0 Å². The summed E-state index contributed by atoms with van der Waals surface area (Å²) < 4.78 is 1.22. The van der Waals surface area contributed by atoms with Gasteiger partial charge in [-0.1, -0.05) is 18.2 Å². The molecule has 0 spiro atoms. The van der Waals surface area contributed by atoms with Crippen LogP contribution in [-0.4, -0.2) is 28.9 Å². The third-order valence-electron chi connectivity index (χ3n) is 4.35. The fraction of sp³-hybridized carbons (Fsp3) is 0.333. The Bertz CT molecular complexity index is 795. The number of thiophene rings is 1. The molecule has 0 bridgehead atoms. The Hall–Kier alpha value is -1.76. The number of benzene rings is 1. The van der Waals surface area contributed by atoms with Gasteiger partial charge in [0.05, 0.1) is 29.3 Å². The molecule has 24 heavy (non-hydrogen) atoms. The Morgan fingerprint density at radius 1 is 1.29 bits per heavy atom. The maximum absolute atomic E-state index is 12.3. The van der Waals surface area contributed by atoms with Crippen molar-refractivity contribution in [2.45, 2.75) is 25.4 Å². The number of fused-ring (bicyclic) bond motifs is 1. The van der Waals surface area contributed by atoms with E-state index in [9.17, 15) is 4.79 Å². The number of hydrogen-bond donors (Lipinski definition) is 1. The van der Waals surface area contributed by atoms with Gasteiger partial charge in [-0.25, -0.2) is 4.98 Å². The first-order valence-electron chi connectivity index (χ1n) is 8.18. The van der Waals surface area contributed by atoms with Crippen molar-refractivity contribution in [3.8, 4) is 0 Å². The molecule has 1 fully saturated rings. The molecule has 2 aromatic heterocycles. The van der Waals surface area contributed by atoms with E-state index in [4.69, 9.17) is 4.98 Å². The van der Waals surface area contributed by atoms with E-state index in [0.717, 1.165) is 29.9 Å². The number of likely N-dealkylation sites (tertiary alicyclic amines) is 1. The summed E-state index contributed by atoms with van der Waals surface area (Å²) in [6, 6.07) is 12.6. The molecule has 1 saturated heterocycles. The average Bonchev–Trinajstić information content (AvgIpc) is 3.32. The molecule has 1 amide bonds. The Balaban J connectivity index is 1.41. The van der Waals surface area contributed by atoms with Crippen LogP contribution in [-0.2, 0) is 11.3 Å². The summed E-state index contributed by atoms with van der Waals surface area (Å²) in [6.07, 6.45) is 2.21. The molecule has 1 atom stereocenters. The second-order valence-corrected chi connectivity index (χ2v) is 8.10. The van der Waals surface area contributed by atoms with Gasteiger partial charge in [0.25, 0.3) is 0 Å². The lowest BCUT2D eigenvalue weighted by Gasteiger charge is -2.21. The van der Waals surface area contributed by atoms with Gasteiger partial charge in [0.1, 0.15) is 5.01 Å². The summed E-state index contributed by atoms with van der Waals surface area (Å²) in [6.45, 7) is 2.04. The van der Waals surface area contributed by atoms with E-state index >= 15 is 0 Å². The van der Waals surface area contributed by atoms with E-state index < -0.39 is 0 Å². The largest absolute Gasteiger partial charge is 0.350 e. The standard InChI is InChI=1S/C18H19N3OS2/c22-17(19-11-13-5-4-10-23-13)12-21-9-3-7-15(21)18-20-14-6-1-2-8-16(14)24-18/h1-2,4-6,8,10,15H,3,7,9,11-12H2,(H,19,22). The third-order valence-corrected chi connectivity index (χ3v) is 6.36. The number of thiazole rings is 1. The minimum atomic E-state index is 0.0939. The smallest absolute Gasteiger partial charge is 0.234 e. The molecule has 4 nitrogen and oxygen atoms in total. The van der Waals surface area contributed by atoms with Crippen LogP contribution >= 0.6 is 22.7 Å². The van der Waals surface area contributed by atoms with Crippen molar-refractivity contribution in [1.82, 2.24) is 15.2 Å². The Labute approximate surface area is 149 Å². The molecule has 1 N–H and O–H groups in total. The van der Waals surface area contributed by atoms with Crippen LogP contribution in [0.1, 0.15) is 28.8 Å². The number of nitrogens with zero attached hydrogens (tertiary/aromatic N) is 2. The Morgan fingerprint density at radius 3 is 3.04 bits per heavy atom. The van der Waals surface area contributed by atoms with Crippen LogP contribution in [0.25, 0.3) is 10.2 Å². The van der Waals surface area contributed by atoms with Crippen molar-refractivity contribution < 1.29 is 4.79 Å². The molecular weight excluding hydrogens is 338 g/mol. The lowest BCUT2D eigenvalue weighted by molar-refractivity contribution is -0.122.